The second-order valence-corrected chi connectivity index (χ2v) is 9.42. The van der Waals surface area contributed by atoms with Crippen LogP contribution in [0.5, 0.6) is 5.75 Å². The first-order valence-electron chi connectivity index (χ1n) is 9.26. The molecule has 0 aromatic heterocycles. The Hall–Kier alpha value is -3.01. The summed E-state index contributed by atoms with van der Waals surface area (Å²) < 4.78 is 28.2. The maximum absolute atomic E-state index is 13.2. The third-order valence-electron chi connectivity index (χ3n) is 4.30. The van der Waals surface area contributed by atoms with Crippen LogP contribution < -0.4 is 5.43 Å². The van der Waals surface area contributed by atoms with Gasteiger partial charge < -0.3 is 5.11 Å². The molecule has 3 aromatic rings. The Bertz CT molecular complexity index is 1170. The molecule has 0 aliphatic heterocycles. The summed E-state index contributed by atoms with van der Waals surface area (Å²) in [6, 6.07) is 21.7. The molecule has 2 N–H and O–H groups in total. The molecule has 160 valence electrons. The van der Waals surface area contributed by atoms with Crippen molar-refractivity contribution in [2.75, 3.05) is 6.54 Å². The van der Waals surface area contributed by atoms with Crippen LogP contribution >= 0.6 is 15.9 Å². The Morgan fingerprint density at radius 3 is 2.32 bits per heavy atom. The van der Waals surface area contributed by atoms with E-state index in [1.54, 1.807) is 54.6 Å². The summed E-state index contributed by atoms with van der Waals surface area (Å²) in [4.78, 5) is 12.5. The minimum Gasteiger partial charge on any atom is -0.507 e. The number of phenolic OH excluding ortho intramolecular Hbond substituents is 1. The van der Waals surface area contributed by atoms with Gasteiger partial charge in [0, 0.05) is 16.6 Å². The third-order valence-corrected chi connectivity index (χ3v) is 6.64. The maximum Gasteiger partial charge on any atom is 0.255 e. The number of carbonyl (C=O) groups is 1. The van der Waals surface area contributed by atoms with Gasteiger partial charge >= 0.3 is 0 Å². The van der Waals surface area contributed by atoms with E-state index in [0.29, 0.717) is 5.56 Å². The van der Waals surface area contributed by atoms with Gasteiger partial charge in [-0.15, -0.1) is 0 Å². The normalized spacial score (nSPS) is 11.7. The van der Waals surface area contributed by atoms with Gasteiger partial charge in [-0.3, -0.25) is 4.79 Å². The van der Waals surface area contributed by atoms with Crippen molar-refractivity contribution in [2.24, 2.45) is 5.10 Å². The fraction of sp³-hybridized carbons (Fsp3) is 0.0909. The molecule has 9 heteroatoms. The van der Waals surface area contributed by atoms with Gasteiger partial charge in [-0.05, 0) is 42.0 Å². The summed E-state index contributed by atoms with van der Waals surface area (Å²) in [6.07, 6.45) is 1.29. The average molecular weight is 502 g/mol. The van der Waals surface area contributed by atoms with Gasteiger partial charge in [0.25, 0.3) is 5.91 Å². The number of nitrogens with one attached hydrogen (secondary N) is 1. The van der Waals surface area contributed by atoms with Gasteiger partial charge in [-0.25, -0.2) is 13.8 Å². The first-order valence-corrected chi connectivity index (χ1v) is 11.5. The summed E-state index contributed by atoms with van der Waals surface area (Å²) >= 11 is 3.29. The Labute approximate surface area is 189 Å². The highest BCUT2D eigenvalue weighted by atomic mass is 79.9. The fourth-order valence-electron chi connectivity index (χ4n) is 2.73. The highest BCUT2D eigenvalue weighted by Crippen LogP contribution is 2.20. The molecule has 0 atom stereocenters. The van der Waals surface area contributed by atoms with Gasteiger partial charge in [0.1, 0.15) is 5.75 Å². The molecule has 0 aliphatic carbocycles. The number of hydrazone groups is 1. The third kappa shape index (κ3) is 6.24. The smallest absolute Gasteiger partial charge is 0.255 e. The number of hydrogen-bond acceptors (Lipinski definition) is 5. The molecular formula is C22H20BrN3O4S. The van der Waals surface area contributed by atoms with Crippen molar-refractivity contribution in [2.45, 2.75) is 11.4 Å². The number of amides is 1. The van der Waals surface area contributed by atoms with Crippen molar-refractivity contribution in [1.82, 2.24) is 9.73 Å². The van der Waals surface area contributed by atoms with Gasteiger partial charge in [0.2, 0.25) is 10.0 Å². The standard InChI is InChI=1S/C22H20BrN3O4S/c23-19-10-12-20(13-11-19)31(29,30)26(15-17-6-2-1-3-7-17)16-22(28)25-24-14-18-8-4-5-9-21(18)27/h1-14,27H,15-16H2,(H,25,28)/b24-14+. The SMILES string of the molecule is O=C(CN(Cc1ccccc1)S(=O)(=O)c1ccc(Br)cc1)N/N=C/c1ccccc1O. The number of halogens is 1. The van der Waals surface area contributed by atoms with Crippen molar-refractivity contribution in [3.8, 4) is 5.75 Å². The Balaban J connectivity index is 1.78. The zero-order valence-electron chi connectivity index (χ0n) is 16.3. The number of aromatic hydroxyl groups is 1. The predicted molar refractivity (Wildman–Crippen MR) is 122 cm³/mol. The molecular weight excluding hydrogens is 482 g/mol. The lowest BCUT2D eigenvalue weighted by atomic mass is 10.2. The zero-order chi connectivity index (χ0) is 22.3. The number of hydrogen-bond donors (Lipinski definition) is 2. The first-order chi connectivity index (χ1) is 14.9. The summed E-state index contributed by atoms with van der Waals surface area (Å²) in [5, 5.41) is 13.6. The van der Waals surface area contributed by atoms with Crippen molar-refractivity contribution in [1.29, 1.82) is 0 Å². The quantitative estimate of drug-likeness (QED) is 0.364. The van der Waals surface area contributed by atoms with Crippen molar-refractivity contribution in [3.05, 3.63) is 94.5 Å². The van der Waals surface area contributed by atoms with E-state index in [1.165, 1.54) is 24.4 Å². The Kier molecular flexibility index (Phi) is 7.56. The van der Waals surface area contributed by atoms with Crippen LogP contribution in [0, 0.1) is 0 Å². The van der Waals surface area contributed by atoms with Crippen LogP contribution in [0.4, 0.5) is 0 Å². The summed E-state index contributed by atoms with van der Waals surface area (Å²) in [5.74, 6) is -0.590. The number of phenols is 1. The number of nitrogens with zero attached hydrogens (tertiary/aromatic N) is 2. The van der Waals surface area contributed by atoms with Crippen LogP contribution in [0.15, 0.2) is 93.3 Å². The topological polar surface area (TPSA) is 99.1 Å². The minimum absolute atomic E-state index is 0.0176. The average Bonchev–Trinajstić information content (AvgIpc) is 2.76. The van der Waals surface area contributed by atoms with Crippen LogP contribution in [0.25, 0.3) is 0 Å². The van der Waals surface area contributed by atoms with E-state index < -0.39 is 22.5 Å². The van der Waals surface area contributed by atoms with Crippen LogP contribution in [-0.2, 0) is 21.4 Å². The van der Waals surface area contributed by atoms with E-state index in [1.807, 2.05) is 6.07 Å². The van der Waals surface area contributed by atoms with Crippen LogP contribution in [0.1, 0.15) is 11.1 Å². The summed E-state index contributed by atoms with van der Waals surface area (Å²) in [7, 11) is -3.94. The molecule has 1 amide bonds. The molecule has 0 aliphatic rings. The lowest BCUT2D eigenvalue weighted by molar-refractivity contribution is -0.121. The molecule has 0 unspecified atom stereocenters. The summed E-state index contributed by atoms with van der Waals surface area (Å²) in [6.45, 7) is -0.402. The second-order valence-electron chi connectivity index (χ2n) is 6.56. The van der Waals surface area contributed by atoms with Crippen molar-refractivity contribution >= 4 is 38.1 Å². The predicted octanol–water partition coefficient (Wildman–Crippen LogP) is 3.50. The number of rotatable bonds is 8. The molecule has 0 heterocycles. The Morgan fingerprint density at radius 1 is 1.00 bits per heavy atom. The summed E-state index contributed by atoms with van der Waals surface area (Å²) in [5.41, 5.74) is 3.48. The van der Waals surface area contributed by atoms with Crippen molar-refractivity contribution < 1.29 is 18.3 Å². The van der Waals surface area contributed by atoms with Gasteiger partial charge in [0.15, 0.2) is 0 Å². The lowest BCUT2D eigenvalue weighted by Crippen LogP contribution is -2.39. The number of sulfonamides is 1. The van der Waals surface area contributed by atoms with E-state index in [2.05, 4.69) is 26.5 Å². The second kappa shape index (κ2) is 10.3. The molecule has 7 nitrogen and oxygen atoms in total. The van der Waals surface area contributed by atoms with Crippen molar-refractivity contribution in [3.63, 3.8) is 0 Å². The highest BCUT2D eigenvalue weighted by molar-refractivity contribution is 9.10. The molecule has 0 fully saturated rings. The van der Waals surface area contributed by atoms with Crippen LogP contribution in [-0.4, -0.2) is 36.5 Å². The molecule has 0 radical (unpaired) electrons. The molecule has 3 rings (SSSR count). The monoisotopic (exact) mass is 501 g/mol. The molecule has 0 saturated carbocycles. The van der Waals surface area contributed by atoms with Crippen LogP contribution in [0.3, 0.4) is 0 Å². The number of para-hydroxylation sites is 1. The molecule has 31 heavy (non-hydrogen) atoms. The van der Waals surface area contributed by atoms with E-state index in [0.717, 1.165) is 14.3 Å². The van der Waals surface area contributed by atoms with E-state index in [4.69, 9.17) is 0 Å². The fourth-order valence-corrected chi connectivity index (χ4v) is 4.38. The number of carbonyl (C=O) groups excluding carboxylic acids is 1. The van der Waals surface area contributed by atoms with Gasteiger partial charge in [-0.2, -0.15) is 9.41 Å². The van der Waals surface area contributed by atoms with E-state index in [-0.39, 0.29) is 17.2 Å². The van der Waals surface area contributed by atoms with E-state index >= 15 is 0 Å². The maximum atomic E-state index is 13.2. The number of benzene rings is 3. The van der Waals surface area contributed by atoms with Crippen LogP contribution in [0.2, 0.25) is 0 Å². The molecule has 0 spiro atoms. The van der Waals surface area contributed by atoms with Gasteiger partial charge in [-0.1, -0.05) is 58.4 Å². The largest absolute Gasteiger partial charge is 0.507 e. The Morgan fingerprint density at radius 2 is 1.65 bits per heavy atom. The molecule has 3 aromatic carbocycles. The lowest BCUT2D eigenvalue weighted by Gasteiger charge is -2.21. The highest BCUT2D eigenvalue weighted by Gasteiger charge is 2.26. The molecule has 0 bridgehead atoms. The minimum atomic E-state index is -3.94. The van der Waals surface area contributed by atoms with Gasteiger partial charge in [0.05, 0.1) is 17.7 Å². The first kappa shape index (κ1) is 22.7. The van der Waals surface area contributed by atoms with E-state index in [9.17, 15) is 18.3 Å². The zero-order valence-corrected chi connectivity index (χ0v) is 18.8. The molecule has 0 saturated heterocycles.